The molecule has 1 amide bonds. The van der Waals surface area contributed by atoms with E-state index in [1.54, 1.807) is 24.3 Å². The number of carbonyl (C=O) groups is 2. The van der Waals surface area contributed by atoms with E-state index in [0.29, 0.717) is 46.6 Å². The van der Waals surface area contributed by atoms with Crippen molar-refractivity contribution in [1.82, 2.24) is 15.3 Å². The minimum absolute atomic E-state index is 0.0974. The molecule has 3 aromatic rings. The molecule has 1 unspecified atom stereocenters. The number of pyridine rings is 2. The molecule has 186 valence electrons. The second-order valence-corrected chi connectivity index (χ2v) is 9.32. The van der Waals surface area contributed by atoms with Crippen LogP contribution in [0.25, 0.3) is 16.6 Å². The summed E-state index contributed by atoms with van der Waals surface area (Å²) in [5, 5.41) is 13.3. The summed E-state index contributed by atoms with van der Waals surface area (Å²) in [5.41, 5.74) is 4.27. The lowest BCUT2D eigenvalue weighted by Crippen LogP contribution is -2.26. The van der Waals surface area contributed by atoms with Gasteiger partial charge in [0, 0.05) is 29.4 Å². The van der Waals surface area contributed by atoms with Gasteiger partial charge in [0.1, 0.15) is 6.17 Å². The summed E-state index contributed by atoms with van der Waals surface area (Å²) in [5.74, 6) is -1.09. The summed E-state index contributed by atoms with van der Waals surface area (Å²) >= 11 is 5.96. The van der Waals surface area contributed by atoms with Crippen LogP contribution in [0, 0.1) is 0 Å². The number of aliphatic carboxylic acids is 1. The van der Waals surface area contributed by atoms with E-state index in [2.05, 4.69) is 10.3 Å². The number of carboxylic acids is 1. The highest BCUT2D eigenvalue weighted by molar-refractivity contribution is 6.30. The molecule has 2 atom stereocenters. The van der Waals surface area contributed by atoms with E-state index in [0.717, 1.165) is 16.7 Å². The maximum atomic E-state index is 13.6. The van der Waals surface area contributed by atoms with E-state index in [4.69, 9.17) is 21.7 Å². The third kappa shape index (κ3) is 6.34. The van der Waals surface area contributed by atoms with Crippen molar-refractivity contribution in [2.45, 2.75) is 51.2 Å². The molecule has 0 radical (unpaired) electrons. The number of fused-ring (bicyclic) bond motifs is 1. The highest BCUT2D eigenvalue weighted by Gasteiger charge is 2.17. The Morgan fingerprint density at radius 1 is 1.22 bits per heavy atom. The Morgan fingerprint density at radius 2 is 2.00 bits per heavy atom. The number of alkyl halides is 1. The molecule has 36 heavy (non-hydrogen) atoms. The first-order valence-electron chi connectivity index (χ1n) is 11.9. The zero-order chi connectivity index (χ0) is 25.7. The highest BCUT2D eigenvalue weighted by atomic mass is 35.5. The lowest BCUT2D eigenvalue weighted by molar-refractivity contribution is -0.137. The Hall–Kier alpha value is -3.58. The fourth-order valence-electron chi connectivity index (χ4n) is 4.15. The lowest BCUT2D eigenvalue weighted by Gasteiger charge is -2.16. The molecule has 2 aromatic heterocycles. The number of amides is 1. The molecule has 4 rings (SSSR count). The molecule has 2 heterocycles. The first kappa shape index (κ1) is 25.5. The first-order chi connectivity index (χ1) is 17.3. The Labute approximate surface area is 213 Å². The van der Waals surface area contributed by atoms with Crippen molar-refractivity contribution >= 4 is 40.1 Å². The largest absolute Gasteiger partial charge is 0.481 e. The molecule has 0 aliphatic heterocycles. The number of benzene rings is 1. The van der Waals surface area contributed by atoms with E-state index in [-0.39, 0.29) is 24.8 Å². The predicted molar refractivity (Wildman–Crippen MR) is 139 cm³/mol. The molecule has 0 saturated heterocycles. The van der Waals surface area contributed by atoms with Gasteiger partial charge in [-0.2, -0.15) is 0 Å². The lowest BCUT2D eigenvalue weighted by atomic mass is 9.95. The molecule has 6 nitrogen and oxygen atoms in total. The van der Waals surface area contributed by atoms with E-state index in [1.807, 2.05) is 31.2 Å². The van der Waals surface area contributed by atoms with Crippen LogP contribution in [0.3, 0.4) is 0 Å². The van der Waals surface area contributed by atoms with Crippen LogP contribution in [0.5, 0.6) is 0 Å². The van der Waals surface area contributed by atoms with Gasteiger partial charge in [-0.3, -0.25) is 9.59 Å². The molecule has 0 fully saturated rings. The monoisotopic (exact) mass is 507 g/mol. The highest BCUT2D eigenvalue weighted by Crippen LogP contribution is 2.28. The molecule has 1 aromatic carbocycles. The summed E-state index contributed by atoms with van der Waals surface area (Å²) in [6, 6.07) is 10.8. The molecule has 0 spiro atoms. The van der Waals surface area contributed by atoms with Crippen molar-refractivity contribution in [2.24, 2.45) is 0 Å². The molecular formula is C28H27ClFN3O3. The number of halogens is 2. The van der Waals surface area contributed by atoms with Gasteiger partial charge in [0.05, 0.1) is 17.3 Å². The van der Waals surface area contributed by atoms with Crippen LogP contribution in [-0.2, 0) is 11.2 Å². The molecule has 8 heteroatoms. The third-order valence-electron chi connectivity index (χ3n) is 6.13. The zero-order valence-corrected chi connectivity index (χ0v) is 20.6. The van der Waals surface area contributed by atoms with Crippen molar-refractivity contribution < 1.29 is 19.1 Å². The van der Waals surface area contributed by atoms with Gasteiger partial charge in [-0.1, -0.05) is 35.9 Å². The average molecular weight is 508 g/mol. The summed E-state index contributed by atoms with van der Waals surface area (Å²) in [7, 11) is 0. The second-order valence-electron chi connectivity index (χ2n) is 8.88. The van der Waals surface area contributed by atoms with E-state index in [1.165, 1.54) is 12.3 Å². The van der Waals surface area contributed by atoms with Gasteiger partial charge >= 0.3 is 5.97 Å². The Morgan fingerprint density at radius 3 is 2.69 bits per heavy atom. The fourth-order valence-corrected chi connectivity index (χ4v) is 4.27. The van der Waals surface area contributed by atoms with Gasteiger partial charge in [-0.25, -0.2) is 14.4 Å². The van der Waals surface area contributed by atoms with Gasteiger partial charge in [-0.15, -0.1) is 0 Å². The quantitative estimate of drug-likeness (QED) is 0.334. The van der Waals surface area contributed by atoms with Crippen molar-refractivity contribution in [3.63, 3.8) is 0 Å². The zero-order valence-electron chi connectivity index (χ0n) is 19.9. The maximum absolute atomic E-state index is 13.6. The molecule has 0 saturated carbocycles. The van der Waals surface area contributed by atoms with Crippen LogP contribution in [0.4, 0.5) is 4.39 Å². The summed E-state index contributed by atoms with van der Waals surface area (Å²) in [6.45, 7) is 1.89. The first-order valence-corrected chi connectivity index (χ1v) is 12.3. The second kappa shape index (κ2) is 11.4. The van der Waals surface area contributed by atoms with Crippen molar-refractivity contribution in [2.75, 3.05) is 0 Å². The van der Waals surface area contributed by atoms with Crippen LogP contribution in [0.1, 0.15) is 65.8 Å². The van der Waals surface area contributed by atoms with Gasteiger partial charge in [0.2, 0.25) is 0 Å². The third-order valence-corrected chi connectivity index (χ3v) is 6.39. The SMILES string of the molecule is C[C@H](NC(=O)c1cnc2nc(C3=CCC(F)C=C3)c(CCCCC(=O)O)cc2c1)c1ccc(Cl)cc1. The number of unbranched alkanes of at least 4 members (excludes halogenated alkanes) is 1. The number of rotatable bonds is 9. The number of hydrogen-bond acceptors (Lipinski definition) is 4. The van der Waals surface area contributed by atoms with Crippen LogP contribution >= 0.6 is 11.6 Å². The fraction of sp³-hybridized carbons (Fsp3) is 0.286. The van der Waals surface area contributed by atoms with Gasteiger partial charge < -0.3 is 10.4 Å². The number of hydrogen-bond donors (Lipinski definition) is 2. The Kier molecular flexibility index (Phi) is 8.10. The Balaban J connectivity index is 1.60. The van der Waals surface area contributed by atoms with E-state index in [9.17, 15) is 14.0 Å². The molecule has 1 aliphatic carbocycles. The number of aromatic nitrogens is 2. The average Bonchev–Trinajstić information content (AvgIpc) is 2.86. The molecular weight excluding hydrogens is 481 g/mol. The number of aryl methyl sites for hydroxylation is 1. The number of nitrogens with one attached hydrogen (secondary N) is 1. The van der Waals surface area contributed by atoms with Crippen molar-refractivity contribution in [3.05, 3.63) is 88.2 Å². The van der Waals surface area contributed by atoms with Gasteiger partial charge in [-0.05, 0) is 73.2 Å². The number of nitrogens with zero attached hydrogens (tertiary/aromatic N) is 2. The molecule has 2 N–H and O–H groups in total. The maximum Gasteiger partial charge on any atom is 0.303 e. The summed E-state index contributed by atoms with van der Waals surface area (Å²) in [6.07, 6.45) is 7.74. The summed E-state index contributed by atoms with van der Waals surface area (Å²) < 4.78 is 13.6. The molecule has 0 bridgehead atoms. The van der Waals surface area contributed by atoms with Crippen LogP contribution in [0.15, 0.2) is 60.8 Å². The van der Waals surface area contributed by atoms with E-state index >= 15 is 0 Å². The van der Waals surface area contributed by atoms with Crippen molar-refractivity contribution in [3.8, 4) is 0 Å². The van der Waals surface area contributed by atoms with Crippen LogP contribution < -0.4 is 5.32 Å². The minimum atomic E-state index is -1.01. The van der Waals surface area contributed by atoms with Crippen molar-refractivity contribution in [1.29, 1.82) is 0 Å². The number of carbonyl (C=O) groups excluding carboxylic acids is 1. The topological polar surface area (TPSA) is 92.2 Å². The van der Waals surface area contributed by atoms with E-state index < -0.39 is 12.1 Å². The summed E-state index contributed by atoms with van der Waals surface area (Å²) in [4.78, 5) is 33.0. The minimum Gasteiger partial charge on any atom is -0.481 e. The van der Waals surface area contributed by atoms with Gasteiger partial charge in [0.15, 0.2) is 5.65 Å². The van der Waals surface area contributed by atoms with Crippen LogP contribution in [0.2, 0.25) is 5.02 Å². The number of carboxylic acid groups (broad SMARTS) is 1. The van der Waals surface area contributed by atoms with Crippen LogP contribution in [-0.4, -0.2) is 33.1 Å². The molecule has 1 aliphatic rings. The Bertz CT molecular complexity index is 1340. The smallest absolute Gasteiger partial charge is 0.303 e. The normalized spacial score (nSPS) is 16.0. The standard InChI is InChI=1S/C28H27ClFN3O3/c1-17(18-6-10-23(29)11-7-18)32-28(36)22-15-21-14-20(4-2-3-5-25(34)35)26(33-27(21)31-16-22)19-8-12-24(30)13-9-19/h6-12,14-17,24H,2-5,13H2,1H3,(H,32,36)(H,34,35)/t17-,24?/m0/s1. The van der Waals surface area contributed by atoms with Gasteiger partial charge in [0.25, 0.3) is 5.91 Å². The number of allylic oxidation sites excluding steroid dienone is 4. The predicted octanol–water partition coefficient (Wildman–Crippen LogP) is 6.25.